The van der Waals surface area contributed by atoms with Gasteiger partial charge in [-0.1, -0.05) is 71.8 Å². The van der Waals surface area contributed by atoms with Crippen molar-refractivity contribution in [1.29, 1.82) is 0 Å². The second-order valence-electron chi connectivity index (χ2n) is 11.0. The molecule has 0 aromatic heterocycles. The van der Waals surface area contributed by atoms with Gasteiger partial charge < -0.3 is 10.2 Å². The van der Waals surface area contributed by atoms with E-state index in [1.165, 1.54) is 27.8 Å². The van der Waals surface area contributed by atoms with Crippen molar-refractivity contribution in [2.24, 2.45) is 5.41 Å². The van der Waals surface area contributed by atoms with Gasteiger partial charge in [-0.2, -0.15) is 0 Å². The Labute approximate surface area is 203 Å². The van der Waals surface area contributed by atoms with Crippen molar-refractivity contribution in [3.63, 3.8) is 0 Å². The lowest BCUT2D eigenvalue weighted by Crippen LogP contribution is -2.44. The minimum Gasteiger partial charge on any atom is -0.508 e. The summed E-state index contributed by atoms with van der Waals surface area (Å²) in [6.07, 6.45) is 7.65. The Balaban J connectivity index is 1.55. The molecule has 6 rings (SSSR count). The van der Waals surface area contributed by atoms with Crippen molar-refractivity contribution in [3.05, 3.63) is 112 Å². The highest BCUT2D eigenvalue weighted by Crippen LogP contribution is 2.62. The van der Waals surface area contributed by atoms with Gasteiger partial charge in [-0.05, 0) is 104 Å². The third-order valence-electron chi connectivity index (χ3n) is 8.94. The van der Waals surface area contributed by atoms with Gasteiger partial charge in [-0.15, -0.1) is 0 Å². The molecule has 0 unspecified atom stereocenters. The van der Waals surface area contributed by atoms with Crippen molar-refractivity contribution in [2.75, 3.05) is 0 Å². The molecule has 2 N–H and O–H groups in total. The van der Waals surface area contributed by atoms with Crippen LogP contribution in [0, 0.1) is 12.3 Å². The summed E-state index contributed by atoms with van der Waals surface area (Å²) in [5.41, 5.74) is 9.87. The molecule has 3 aliphatic carbocycles. The lowest BCUT2D eigenvalue weighted by atomic mass is 9.52. The average molecular weight is 451 g/mol. The van der Waals surface area contributed by atoms with Gasteiger partial charge >= 0.3 is 0 Å². The standard InChI is InChI=1S/C32H34O2/c1-22-16-26(33)17-25-12-13-28-29-18-27(34)21-31(29,19-23-8-4-2-5-9-23)14-15-32(28,30(22)25)20-24-10-6-3-7-11-24/h2-11,16-17,27,33-34H,12-15,18-21H2,1H3/t27-,31+,32-/m1/s1. The lowest BCUT2D eigenvalue weighted by molar-refractivity contribution is 0.148. The van der Waals surface area contributed by atoms with Crippen LogP contribution in [-0.4, -0.2) is 16.3 Å². The first-order valence-electron chi connectivity index (χ1n) is 12.8. The molecule has 3 atom stereocenters. The molecule has 0 heterocycles. The molecule has 0 radical (unpaired) electrons. The minimum atomic E-state index is -0.249. The van der Waals surface area contributed by atoms with Crippen LogP contribution in [0.3, 0.4) is 0 Å². The second-order valence-corrected chi connectivity index (χ2v) is 11.0. The Hall–Kier alpha value is -2.84. The molecule has 34 heavy (non-hydrogen) atoms. The molecular formula is C32H34O2. The van der Waals surface area contributed by atoms with Crippen LogP contribution < -0.4 is 0 Å². The van der Waals surface area contributed by atoms with Crippen LogP contribution in [0.5, 0.6) is 5.75 Å². The number of hydrogen-bond donors (Lipinski definition) is 2. The molecule has 1 saturated carbocycles. The van der Waals surface area contributed by atoms with E-state index in [1.54, 1.807) is 11.1 Å². The summed E-state index contributed by atoms with van der Waals surface area (Å²) in [5.74, 6) is 0.382. The van der Waals surface area contributed by atoms with E-state index >= 15 is 0 Å². The zero-order valence-corrected chi connectivity index (χ0v) is 20.1. The Kier molecular flexibility index (Phi) is 5.18. The Bertz CT molecular complexity index is 1240. The summed E-state index contributed by atoms with van der Waals surface area (Å²) in [6.45, 7) is 2.17. The predicted octanol–water partition coefficient (Wildman–Crippen LogP) is 6.60. The number of hydrogen-bond acceptors (Lipinski definition) is 2. The Morgan fingerprint density at radius 3 is 2.21 bits per heavy atom. The molecule has 1 fully saturated rings. The molecule has 3 aliphatic rings. The number of aliphatic hydroxyl groups is 1. The number of phenolic OH excluding ortho intramolecular Hbond substituents is 1. The number of aliphatic hydroxyl groups excluding tert-OH is 1. The van der Waals surface area contributed by atoms with Gasteiger partial charge in [0.05, 0.1) is 6.10 Å². The Morgan fingerprint density at radius 1 is 0.824 bits per heavy atom. The van der Waals surface area contributed by atoms with Crippen LogP contribution in [0.1, 0.15) is 59.9 Å². The fraction of sp³-hybridized carbons (Fsp3) is 0.375. The van der Waals surface area contributed by atoms with Gasteiger partial charge in [0.2, 0.25) is 0 Å². The van der Waals surface area contributed by atoms with Crippen molar-refractivity contribution >= 4 is 0 Å². The largest absolute Gasteiger partial charge is 0.508 e. The minimum absolute atomic E-state index is 0.0493. The molecule has 3 aromatic rings. The number of phenols is 1. The zero-order valence-electron chi connectivity index (χ0n) is 20.1. The van der Waals surface area contributed by atoms with Gasteiger partial charge in [0, 0.05) is 5.41 Å². The SMILES string of the molecule is Cc1cc(O)cc2c1[C@@]1(Cc3ccccc3)CC[C@]3(Cc4ccccc4)C[C@H](O)CC3=C1CC2. The molecule has 2 nitrogen and oxygen atoms in total. The summed E-state index contributed by atoms with van der Waals surface area (Å²) in [4.78, 5) is 0. The van der Waals surface area contributed by atoms with Crippen LogP contribution in [0.2, 0.25) is 0 Å². The summed E-state index contributed by atoms with van der Waals surface area (Å²) in [5, 5.41) is 21.4. The molecule has 3 aromatic carbocycles. The molecule has 0 spiro atoms. The molecule has 2 heteroatoms. The van der Waals surface area contributed by atoms with E-state index in [4.69, 9.17) is 0 Å². The maximum absolute atomic E-state index is 11.0. The number of fused-ring (bicyclic) bond motifs is 4. The van der Waals surface area contributed by atoms with Crippen LogP contribution in [-0.2, 0) is 24.7 Å². The number of benzene rings is 3. The first-order valence-corrected chi connectivity index (χ1v) is 12.8. The van der Waals surface area contributed by atoms with E-state index in [1.807, 2.05) is 12.1 Å². The van der Waals surface area contributed by atoms with E-state index in [2.05, 4.69) is 67.6 Å². The molecule has 0 saturated heterocycles. The fourth-order valence-electron chi connectivity index (χ4n) is 7.82. The maximum Gasteiger partial charge on any atom is 0.116 e. The highest BCUT2D eigenvalue weighted by atomic mass is 16.3. The third kappa shape index (κ3) is 3.43. The quantitative estimate of drug-likeness (QED) is 0.440. The van der Waals surface area contributed by atoms with Crippen molar-refractivity contribution in [1.82, 2.24) is 0 Å². The summed E-state index contributed by atoms with van der Waals surface area (Å²) in [7, 11) is 0. The fourth-order valence-corrected chi connectivity index (χ4v) is 7.82. The van der Waals surface area contributed by atoms with Crippen molar-refractivity contribution in [3.8, 4) is 5.75 Å². The summed E-state index contributed by atoms with van der Waals surface area (Å²) in [6, 6.07) is 25.7. The van der Waals surface area contributed by atoms with E-state index in [-0.39, 0.29) is 16.9 Å². The third-order valence-corrected chi connectivity index (χ3v) is 8.94. The lowest BCUT2D eigenvalue weighted by Gasteiger charge is -2.51. The van der Waals surface area contributed by atoms with Gasteiger partial charge in [0.1, 0.15) is 5.75 Å². The number of rotatable bonds is 4. The molecule has 0 bridgehead atoms. The van der Waals surface area contributed by atoms with Gasteiger partial charge in [-0.25, -0.2) is 0 Å². The van der Waals surface area contributed by atoms with E-state index in [0.717, 1.165) is 51.4 Å². The smallest absolute Gasteiger partial charge is 0.116 e. The zero-order chi connectivity index (χ0) is 23.3. The molecule has 0 aliphatic heterocycles. The summed E-state index contributed by atoms with van der Waals surface area (Å²) >= 11 is 0. The highest BCUT2D eigenvalue weighted by molar-refractivity contribution is 5.57. The van der Waals surface area contributed by atoms with Crippen LogP contribution in [0.15, 0.2) is 83.9 Å². The number of aromatic hydroxyl groups is 1. The number of allylic oxidation sites excluding steroid dienone is 1. The summed E-state index contributed by atoms with van der Waals surface area (Å²) < 4.78 is 0. The maximum atomic E-state index is 11.0. The van der Waals surface area contributed by atoms with E-state index in [9.17, 15) is 10.2 Å². The predicted molar refractivity (Wildman–Crippen MR) is 137 cm³/mol. The van der Waals surface area contributed by atoms with E-state index in [0.29, 0.717) is 5.75 Å². The van der Waals surface area contributed by atoms with Crippen LogP contribution in [0.25, 0.3) is 0 Å². The average Bonchev–Trinajstić information content (AvgIpc) is 3.15. The van der Waals surface area contributed by atoms with Crippen LogP contribution in [0.4, 0.5) is 0 Å². The van der Waals surface area contributed by atoms with Gasteiger partial charge in [0.25, 0.3) is 0 Å². The van der Waals surface area contributed by atoms with Crippen LogP contribution >= 0.6 is 0 Å². The molecule has 0 amide bonds. The first kappa shape index (κ1) is 21.7. The van der Waals surface area contributed by atoms with Crippen molar-refractivity contribution < 1.29 is 10.2 Å². The second kappa shape index (κ2) is 8.13. The molecular weight excluding hydrogens is 416 g/mol. The number of aryl methyl sites for hydroxylation is 2. The normalized spacial score (nSPS) is 27.8. The van der Waals surface area contributed by atoms with Crippen molar-refractivity contribution in [2.45, 2.75) is 69.8 Å². The topological polar surface area (TPSA) is 40.5 Å². The highest BCUT2D eigenvalue weighted by Gasteiger charge is 2.54. The Morgan fingerprint density at radius 2 is 1.50 bits per heavy atom. The van der Waals surface area contributed by atoms with Gasteiger partial charge in [-0.3, -0.25) is 0 Å². The first-order chi connectivity index (χ1) is 16.5. The monoisotopic (exact) mass is 450 g/mol. The van der Waals surface area contributed by atoms with Gasteiger partial charge in [0.15, 0.2) is 0 Å². The molecule has 174 valence electrons. The van der Waals surface area contributed by atoms with E-state index < -0.39 is 0 Å².